The van der Waals surface area contributed by atoms with Gasteiger partial charge in [0.2, 0.25) is 5.91 Å². The quantitative estimate of drug-likeness (QED) is 0.283. The summed E-state index contributed by atoms with van der Waals surface area (Å²) in [6.07, 6.45) is 4.49. The highest BCUT2D eigenvalue weighted by molar-refractivity contribution is 9.10. The zero-order chi connectivity index (χ0) is 25.1. The standard InChI is InChI=1S/C28H29BrClN5O/c1-19(15-20-7-3-2-4-8-20)28(36)34-13-11-21(12-14-34)17-31-26-16-25(22-9-5-6-10-24(22)30)33-27-23(29)18-32-35(26)27/h2-10,16,18-19,21,31H,11-15,17H2,1H3. The Morgan fingerprint density at radius 1 is 1.14 bits per heavy atom. The van der Waals surface area contributed by atoms with Crippen LogP contribution < -0.4 is 5.32 Å². The summed E-state index contributed by atoms with van der Waals surface area (Å²) >= 11 is 10.0. The molecule has 1 aliphatic heterocycles. The number of aromatic nitrogens is 3. The first kappa shape index (κ1) is 24.8. The molecule has 1 atom stereocenters. The maximum atomic E-state index is 13.0. The third-order valence-electron chi connectivity index (χ3n) is 6.88. The van der Waals surface area contributed by atoms with Crippen molar-refractivity contribution in [3.8, 4) is 11.3 Å². The summed E-state index contributed by atoms with van der Waals surface area (Å²) in [6.45, 7) is 4.44. The molecule has 1 N–H and O–H groups in total. The Kier molecular flexibility index (Phi) is 7.58. The molecule has 5 rings (SSSR count). The molecule has 8 heteroatoms. The van der Waals surface area contributed by atoms with E-state index in [4.69, 9.17) is 16.6 Å². The van der Waals surface area contributed by atoms with Gasteiger partial charge in [0.25, 0.3) is 0 Å². The Bertz CT molecular complexity index is 1350. The Hall–Kier alpha value is -2.90. The maximum absolute atomic E-state index is 13.0. The number of hydrogen-bond donors (Lipinski definition) is 1. The van der Waals surface area contributed by atoms with Crippen molar-refractivity contribution in [2.75, 3.05) is 25.0 Å². The van der Waals surface area contributed by atoms with Crippen LogP contribution in [0.1, 0.15) is 25.3 Å². The van der Waals surface area contributed by atoms with Crippen LogP contribution >= 0.6 is 27.5 Å². The van der Waals surface area contributed by atoms with E-state index in [0.29, 0.717) is 10.9 Å². The van der Waals surface area contributed by atoms with Crippen molar-refractivity contribution in [2.24, 2.45) is 11.8 Å². The minimum absolute atomic E-state index is 0.00586. The molecule has 6 nitrogen and oxygen atoms in total. The molecule has 3 heterocycles. The lowest BCUT2D eigenvalue weighted by molar-refractivity contribution is -0.136. The fraction of sp³-hybridized carbons (Fsp3) is 0.321. The van der Waals surface area contributed by atoms with Crippen LogP contribution in [-0.4, -0.2) is 45.0 Å². The molecule has 0 radical (unpaired) electrons. The van der Waals surface area contributed by atoms with Gasteiger partial charge in [-0.25, -0.2) is 4.98 Å². The van der Waals surface area contributed by atoms with Gasteiger partial charge in [0, 0.05) is 42.2 Å². The summed E-state index contributed by atoms with van der Waals surface area (Å²) in [5.74, 6) is 1.60. The number of hydrogen-bond acceptors (Lipinski definition) is 4. The van der Waals surface area contributed by atoms with Crippen LogP contribution in [0.3, 0.4) is 0 Å². The van der Waals surface area contributed by atoms with Gasteiger partial charge in [0.05, 0.1) is 16.4 Å². The predicted octanol–water partition coefficient (Wildman–Crippen LogP) is 6.34. The van der Waals surface area contributed by atoms with Gasteiger partial charge in [-0.05, 0) is 52.7 Å². The third-order valence-corrected chi connectivity index (χ3v) is 7.77. The van der Waals surface area contributed by atoms with Crippen LogP contribution in [0.15, 0.2) is 71.3 Å². The van der Waals surface area contributed by atoms with Gasteiger partial charge >= 0.3 is 0 Å². The topological polar surface area (TPSA) is 62.5 Å². The Labute approximate surface area is 224 Å². The minimum atomic E-state index is -0.00586. The highest BCUT2D eigenvalue weighted by Crippen LogP contribution is 2.30. The second-order valence-electron chi connectivity index (χ2n) is 9.47. The molecule has 2 aromatic heterocycles. The molecule has 4 aromatic rings. The zero-order valence-electron chi connectivity index (χ0n) is 20.2. The van der Waals surface area contributed by atoms with Gasteiger partial charge in [-0.1, -0.05) is 67.1 Å². The van der Waals surface area contributed by atoms with E-state index < -0.39 is 0 Å². The zero-order valence-corrected chi connectivity index (χ0v) is 22.5. The van der Waals surface area contributed by atoms with Crippen LogP contribution in [0.5, 0.6) is 0 Å². The summed E-state index contributed by atoms with van der Waals surface area (Å²) in [5.41, 5.74) is 3.63. The molecule has 1 amide bonds. The van der Waals surface area contributed by atoms with E-state index in [2.05, 4.69) is 38.5 Å². The van der Waals surface area contributed by atoms with Crippen LogP contribution in [0.25, 0.3) is 16.9 Å². The van der Waals surface area contributed by atoms with E-state index >= 15 is 0 Å². The van der Waals surface area contributed by atoms with E-state index in [0.717, 1.165) is 66.1 Å². The second-order valence-corrected chi connectivity index (χ2v) is 10.7. The van der Waals surface area contributed by atoms with Crippen LogP contribution in [0.4, 0.5) is 5.82 Å². The first-order valence-corrected chi connectivity index (χ1v) is 13.5. The van der Waals surface area contributed by atoms with Crippen molar-refractivity contribution < 1.29 is 4.79 Å². The molecular weight excluding hydrogens is 538 g/mol. The Balaban J connectivity index is 1.22. The number of benzene rings is 2. The molecule has 2 aromatic carbocycles. The summed E-state index contributed by atoms with van der Waals surface area (Å²) < 4.78 is 2.64. The van der Waals surface area contributed by atoms with E-state index in [1.807, 2.05) is 64.9 Å². The fourth-order valence-corrected chi connectivity index (χ4v) is 5.42. The number of carbonyl (C=O) groups excluding carboxylic acids is 1. The lowest BCUT2D eigenvalue weighted by Crippen LogP contribution is -2.42. The lowest BCUT2D eigenvalue weighted by atomic mass is 9.94. The molecule has 1 saturated heterocycles. The smallest absolute Gasteiger partial charge is 0.225 e. The van der Waals surface area contributed by atoms with Crippen LogP contribution in [0, 0.1) is 11.8 Å². The number of anilines is 1. The number of rotatable bonds is 7. The van der Waals surface area contributed by atoms with Gasteiger partial charge in [-0.2, -0.15) is 9.61 Å². The number of nitrogens with one attached hydrogen (secondary N) is 1. The van der Waals surface area contributed by atoms with Crippen molar-refractivity contribution in [3.63, 3.8) is 0 Å². The molecule has 1 fully saturated rings. The van der Waals surface area contributed by atoms with Crippen molar-refractivity contribution in [1.82, 2.24) is 19.5 Å². The number of likely N-dealkylation sites (tertiary alicyclic amines) is 1. The molecule has 1 unspecified atom stereocenters. The molecular formula is C28H29BrClN5O. The van der Waals surface area contributed by atoms with E-state index in [9.17, 15) is 4.79 Å². The molecule has 0 spiro atoms. The predicted molar refractivity (Wildman–Crippen MR) is 148 cm³/mol. The van der Waals surface area contributed by atoms with E-state index in [1.165, 1.54) is 5.56 Å². The molecule has 0 saturated carbocycles. The molecule has 1 aliphatic rings. The first-order chi connectivity index (χ1) is 17.5. The molecule has 0 bridgehead atoms. The van der Waals surface area contributed by atoms with Gasteiger partial charge < -0.3 is 10.2 Å². The Morgan fingerprint density at radius 3 is 2.61 bits per heavy atom. The number of amides is 1. The van der Waals surface area contributed by atoms with Crippen molar-refractivity contribution in [3.05, 3.63) is 81.9 Å². The largest absolute Gasteiger partial charge is 0.370 e. The van der Waals surface area contributed by atoms with Gasteiger partial charge in [0.15, 0.2) is 5.65 Å². The van der Waals surface area contributed by atoms with Crippen molar-refractivity contribution in [2.45, 2.75) is 26.2 Å². The average Bonchev–Trinajstić information content (AvgIpc) is 3.28. The molecule has 36 heavy (non-hydrogen) atoms. The van der Waals surface area contributed by atoms with Crippen molar-refractivity contribution in [1.29, 1.82) is 0 Å². The van der Waals surface area contributed by atoms with E-state index in [1.54, 1.807) is 6.20 Å². The number of carbonyl (C=O) groups is 1. The summed E-state index contributed by atoms with van der Waals surface area (Å²) in [6, 6.07) is 20.0. The van der Waals surface area contributed by atoms with Crippen LogP contribution in [-0.2, 0) is 11.2 Å². The number of fused-ring (bicyclic) bond motifs is 1. The molecule has 0 aliphatic carbocycles. The van der Waals surface area contributed by atoms with Gasteiger partial charge in [-0.3, -0.25) is 4.79 Å². The monoisotopic (exact) mass is 565 g/mol. The second kappa shape index (κ2) is 11.0. The van der Waals surface area contributed by atoms with Gasteiger partial charge in [0.1, 0.15) is 5.82 Å². The highest BCUT2D eigenvalue weighted by atomic mass is 79.9. The third kappa shape index (κ3) is 5.42. The van der Waals surface area contributed by atoms with Crippen LogP contribution in [0.2, 0.25) is 5.02 Å². The molecule has 186 valence electrons. The normalized spacial score (nSPS) is 15.2. The van der Waals surface area contributed by atoms with Gasteiger partial charge in [-0.15, -0.1) is 0 Å². The maximum Gasteiger partial charge on any atom is 0.225 e. The number of piperidine rings is 1. The summed E-state index contributed by atoms with van der Waals surface area (Å²) in [7, 11) is 0. The number of nitrogens with zero attached hydrogens (tertiary/aromatic N) is 4. The first-order valence-electron chi connectivity index (χ1n) is 12.4. The SMILES string of the molecule is CC(Cc1ccccc1)C(=O)N1CCC(CNc2cc(-c3ccccc3Cl)nc3c(Br)cnn23)CC1. The fourth-order valence-electron chi connectivity index (χ4n) is 4.84. The number of halogens is 2. The highest BCUT2D eigenvalue weighted by Gasteiger charge is 2.26. The Morgan fingerprint density at radius 2 is 1.86 bits per heavy atom. The summed E-state index contributed by atoms with van der Waals surface area (Å²) in [5, 5.41) is 8.74. The summed E-state index contributed by atoms with van der Waals surface area (Å²) in [4.78, 5) is 19.8. The lowest BCUT2D eigenvalue weighted by Gasteiger charge is -2.34. The minimum Gasteiger partial charge on any atom is -0.370 e. The van der Waals surface area contributed by atoms with Crippen molar-refractivity contribution >= 4 is 44.9 Å². The average molecular weight is 567 g/mol. The van der Waals surface area contributed by atoms with E-state index in [-0.39, 0.29) is 11.8 Å².